The fourth-order valence-corrected chi connectivity index (χ4v) is 3.36. The summed E-state index contributed by atoms with van der Waals surface area (Å²) >= 11 is 16.1. The maximum atomic E-state index is 6.57. The predicted octanol–water partition coefficient (Wildman–Crippen LogP) is 5.56. The number of hydrogen-bond acceptors (Lipinski definition) is 1. The Kier molecular flexibility index (Phi) is 4.54. The van der Waals surface area contributed by atoms with E-state index in [1.807, 2.05) is 18.2 Å². The van der Waals surface area contributed by atoms with E-state index in [1.165, 1.54) is 11.1 Å². The minimum atomic E-state index is -0.192. The second kappa shape index (κ2) is 5.82. The average Bonchev–Trinajstić information content (AvgIpc) is 2.47. The molecule has 1 unspecified atom stereocenters. The lowest BCUT2D eigenvalue weighted by Crippen LogP contribution is -2.00. The van der Waals surface area contributed by atoms with Crippen LogP contribution in [0.5, 0.6) is 0 Å². The number of hydrogen-bond donors (Lipinski definition) is 0. The first kappa shape index (κ1) is 14.8. The maximum absolute atomic E-state index is 6.57. The Morgan fingerprint density at radius 1 is 1.16 bits per heavy atom. The molecule has 100 valence electrons. The van der Waals surface area contributed by atoms with Gasteiger partial charge in [0.1, 0.15) is 5.38 Å². The molecule has 0 aliphatic heterocycles. The molecule has 0 N–H and O–H groups in total. The minimum absolute atomic E-state index is 0. The van der Waals surface area contributed by atoms with E-state index in [1.54, 1.807) is 6.20 Å². The standard InChI is InChI=1S/C14H10BrCl2N.CH4/c15-10-5-9-2-1-8-6-11(16)3-4-12(8)13(17)14(9)18-7-10;/h3-7,13H,1-2H2;1H4. The number of halogens is 3. The number of nitrogens with zero attached hydrogens (tertiary/aromatic N) is 1. The number of pyridine rings is 1. The third-order valence-corrected chi connectivity index (χ3v) is 4.36. The predicted molar refractivity (Wildman–Crippen MR) is 85.2 cm³/mol. The molecule has 1 atom stereocenters. The van der Waals surface area contributed by atoms with Crippen LogP contribution in [-0.4, -0.2) is 4.98 Å². The van der Waals surface area contributed by atoms with Gasteiger partial charge in [0.25, 0.3) is 0 Å². The van der Waals surface area contributed by atoms with Crippen molar-refractivity contribution >= 4 is 39.1 Å². The quantitative estimate of drug-likeness (QED) is 0.561. The van der Waals surface area contributed by atoms with Crippen molar-refractivity contribution in [3.8, 4) is 0 Å². The highest BCUT2D eigenvalue weighted by Gasteiger charge is 2.23. The van der Waals surface area contributed by atoms with Gasteiger partial charge in [0.15, 0.2) is 0 Å². The molecule has 0 fully saturated rings. The van der Waals surface area contributed by atoms with Crippen molar-refractivity contribution < 1.29 is 0 Å². The SMILES string of the molecule is C.Clc1ccc2c(c1)CCc1cc(Br)cnc1C2Cl. The number of rotatable bonds is 0. The van der Waals surface area contributed by atoms with Crippen molar-refractivity contribution in [1.29, 1.82) is 0 Å². The molecule has 3 rings (SSSR count). The molecule has 1 nitrogen and oxygen atoms in total. The highest BCUT2D eigenvalue weighted by atomic mass is 79.9. The summed E-state index contributed by atoms with van der Waals surface area (Å²) in [6.07, 6.45) is 3.69. The van der Waals surface area contributed by atoms with Gasteiger partial charge in [-0.2, -0.15) is 0 Å². The third-order valence-electron chi connectivity index (χ3n) is 3.25. The van der Waals surface area contributed by atoms with Crippen LogP contribution in [0.2, 0.25) is 5.02 Å². The first-order chi connectivity index (χ1) is 8.65. The van der Waals surface area contributed by atoms with Gasteiger partial charge in [-0.1, -0.05) is 25.1 Å². The lowest BCUT2D eigenvalue weighted by molar-refractivity contribution is 0.947. The molecule has 19 heavy (non-hydrogen) atoms. The number of aryl methyl sites for hydroxylation is 2. The first-order valence-corrected chi connectivity index (χ1v) is 7.32. The van der Waals surface area contributed by atoms with Crippen LogP contribution in [0, 0.1) is 0 Å². The summed E-state index contributed by atoms with van der Waals surface area (Å²) < 4.78 is 0.995. The lowest BCUT2D eigenvalue weighted by Gasteiger charge is -2.12. The Bertz CT molecular complexity index is 560. The van der Waals surface area contributed by atoms with Crippen LogP contribution in [0.3, 0.4) is 0 Å². The number of alkyl halides is 1. The van der Waals surface area contributed by atoms with E-state index < -0.39 is 0 Å². The Morgan fingerprint density at radius 2 is 1.89 bits per heavy atom. The van der Waals surface area contributed by atoms with Crippen LogP contribution in [0.25, 0.3) is 0 Å². The second-order valence-corrected chi connectivity index (χ2v) is 6.19. The monoisotopic (exact) mass is 357 g/mol. The number of aromatic nitrogens is 1. The topological polar surface area (TPSA) is 12.9 Å². The van der Waals surface area contributed by atoms with Gasteiger partial charge in [-0.05, 0) is 63.7 Å². The zero-order valence-corrected chi connectivity index (χ0v) is 12.6. The molecular formula is C15H14BrCl2N. The van der Waals surface area contributed by atoms with Crippen LogP contribution in [0.1, 0.15) is 35.2 Å². The van der Waals surface area contributed by atoms with Crippen LogP contribution in [0.15, 0.2) is 34.9 Å². The molecule has 0 saturated carbocycles. The molecule has 1 heterocycles. The second-order valence-electron chi connectivity index (χ2n) is 4.40. The largest absolute Gasteiger partial charge is 0.258 e. The normalized spacial score (nSPS) is 16.9. The Labute approximate surface area is 132 Å². The molecule has 0 amide bonds. The molecule has 4 heteroatoms. The summed E-state index contributed by atoms with van der Waals surface area (Å²) in [7, 11) is 0. The van der Waals surface area contributed by atoms with Gasteiger partial charge in [0.2, 0.25) is 0 Å². The first-order valence-electron chi connectivity index (χ1n) is 5.72. The molecular weight excluding hydrogens is 345 g/mol. The van der Waals surface area contributed by atoms with Gasteiger partial charge in [-0.3, -0.25) is 4.98 Å². The summed E-state index contributed by atoms with van der Waals surface area (Å²) in [4.78, 5) is 4.47. The molecule has 0 bridgehead atoms. The zero-order chi connectivity index (χ0) is 12.7. The van der Waals surface area contributed by atoms with E-state index in [9.17, 15) is 0 Å². The minimum Gasteiger partial charge on any atom is -0.258 e. The molecule has 0 radical (unpaired) electrons. The molecule has 1 aliphatic carbocycles. The number of fused-ring (bicyclic) bond motifs is 2. The summed E-state index contributed by atoms with van der Waals surface area (Å²) in [5, 5.41) is 0.570. The van der Waals surface area contributed by atoms with Crippen LogP contribution < -0.4 is 0 Å². The molecule has 0 saturated heterocycles. The third kappa shape index (κ3) is 2.81. The molecule has 2 aromatic rings. The summed E-state index contributed by atoms with van der Waals surface area (Å²) in [6, 6.07) is 8.01. The molecule has 1 aromatic heterocycles. The van der Waals surface area contributed by atoms with Gasteiger partial charge in [0, 0.05) is 15.7 Å². The van der Waals surface area contributed by atoms with E-state index in [-0.39, 0.29) is 12.8 Å². The van der Waals surface area contributed by atoms with Gasteiger partial charge in [-0.15, -0.1) is 11.6 Å². The lowest BCUT2D eigenvalue weighted by atomic mass is 10.0. The summed E-state index contributed by atoms with van der Waals surface area (Å²) in [5.74, 6) is 0. The van der Waals surface area contributed by atoms with Crippen molar-refractivity contribution in [2.75, 3.05) is 0 Å². The van der Waals surface area contributed by atoms with Crippen LogP contribution in [0.4, 0.5) is 0 Å². The van der Waals surface area contributed by atoms with Gasteiger partial charge >= 0.3 is 0 Å². The fraction of sp³-hybridized carbons (Fsp3) is 0.267. The van der Waals surface area contributed by atoms with E-state index in [0.29, 0.717) is 0 Å². The van der Waals surface area contributed by atoms with E-state index in [0.717, 1.165) is 33.6 Å². The van der Waals surface area contributed by atoms with E-state index >= 15 is 0 Å². The Morgan fingerprint density at radius 3 is 2.68 bits per heavy atom. The van der Waals surface area contributed by atoms with Crippen LogP contribution in [-0.2, 0) is 12.8 Å². The highest BCUT2D eigenvalue weighted by molar-refractivity contribution is 9.10. The van der Waals surface area contributed by atoms with Crippen molar-refractivity contribution in [2.24, 2.45) is 0 Å². The van der Waals surface area contributed by atoms with Gasteiger partial charge in [0.05, 0.1) is 5.69 Å². The average molecular weight is 359 g/mol. The maximum Gasteiger partial charge on any atom is 0.101 e. The van der Waals surface area contributed by atoms with E-state index in [2.05, 4.69) is 27.0 Å². The fourth-order valence-electron chi connectivity index (χ4n) is 2.37. The van der Waals surface area contributed by atoms with Crippen molar-refractivity contribution in [3.05, 3.63) is 62.3 Å². The van der Waals surface area contributed by atoms with Gasteiger partial charge in [-0.25, -0.2) is 0 Å². The van der Waals surface area contributed by atoms with Crippen molar-refractivity contribution in [1.82, 2.24) is 4.98 Å². The molecule has 1 aromatic carbocycles. The Hall–Kier alpha value is -0.570. The van der Waals surface area contributed by atoms with Crippen molar-refractivity contribution in [2.45, 2.75) is 25.6 Å². The van der Waals surface area contributed by atoms with Gasteiger partial charge < -0.3 is 0 Å². The smallest absolute Gasteiger partial charge is 0.101 e. The highest BCUT2D eigenvalue weighted by Crippen LogP contribution is 2.37. The molecule has 0 spiro atoms. The van der Waals surface area contributed by atoms with Crippen molar-refractivity contribution in [3.63, 3.8) is 0 Å². The molecule has 1 aliphatic rings. The summed E-state index contributed by atoms with van der Waals surface area (Å²) in [5.41, 5.74) is 4.50. The number of benzene rings is 1. The van der Waals surface area contributed by atoms with Crippen LogP contribution >= 0.6 is 39.1 Å². The Balaban J connectivity index is 0.00000133. The summed E-state index contributed by atoms with van der Waals surface area (Å²) in [6.45, 7) is 0. The van der Waals surface area contributed by atoms with E-state index in [4.69, 9.17) is 23.2 Å². The zero-order valence-electron chi connectivity index (χ0n) is 9.46.